The molecule has 8 nitrogen and oxygen atoms in total. The Labute approximate surface area is 149 Å². The number of nitrogens with one attached hydrogen (secondary N) is 1. The fourth-order valence-corrected chi connectivity index (χ4v) is 2.56. The second kappa shape index (κ2) is 8.50. The van der Waals surface area contributed by atoms with Crippen LogP contribution in [-0.2, 0) is 14.3 Å². The Bertz CT molecular complexity index is 743. The molecule has 0 bridgehead atoms. The lowest BCUT2D eigenvalue weighted by molar-refractivity contribution is -0.148. The number of rotatable bonds is 7. The molecule has 2 aromatic rings. The van der Waals surface area contributed by atoms with Crippen LogP contribution in [0.5, 0.6) is 11.7 Å². The van der Waals surface area contributed by atoms with E-state index in [2.05, 4.69) is 5.32 Å². The normalized spacial score (nSPS) is 19.7. The summed E-state index contributed by atoms with van der Waals surface area (Å²) in [5.74, 6) is -0.607. The van der Waals surface area contributed by atoms with Gasteiger partial charge < -0.3 is 29.1 Å². The third-order valence-corrected chi connectivity index (χ3v) is 3.81. The molecule has 1 aliphatic heterocycles. The number of para-hydroxylation sites is 1. The molecule has 8 heteroatoms. The molecular formula is C18H19NO7. The highest BCUT2D eigenvalue weighted by atomic mass is 16.6. The van der Waals surface area contributed by atoms with Crippen molar-refractivity contribution < 1.29 is 33.3 Å². The molecule has 0 radical (unpaired) electrons. The summed E-state index contributed by atoms with van der Waals surface area (Å²) in [4.78, 5) is 23.1. The average molecular weight is 361 g/mol. The Kier molecular flexibility index (Phi) is 5.88. The predicted molar refractivity (Wildman–Crippen MR) is 89.3 cm³/mol. The van der Waals surface area contributed by atoms with Crippen molar-refractivity contribution in [1.29, 1.82) is 0 Å². The van der Waals surface area contributed by atoms with E-state index in [1.165, 1.54) is 6.07 Å². The first-order valence-electron chi connectivity index (χ1n) is 8.16. The molecule has 26 heavy (non-hydrogen) atoms. The molecule has 1 aromatic heterocycles. The zero-order chi connectivity index (χ0) is 18.4. The fraction of sp³-hybridized carbons (Fsp3) is 0.333. The lowest BCUT2D eigenvalue weighted by Crippen LogP contribution is -2.50. The highest BCUT2D eigenvalue weighted by Crippen LogP contribution is 2.23. The van der Waals surface area contributed by atoms with Crippen molar-refractivity contribution in [3.05, 3.63) is 48.2 Å². The van der Waals surface area contributed by atoms with Gasteiger partial charge in [-0.1, -0.05) is 18.2 Å². The minimum Gasteiger partial charge on any atom is -0.480 e. The zero-order valence-corrected chi connectivity index (χ0v) is 13.9. The van der Waals surface area contributed by atoms with E-state index in [9.17, 15) is 9.59 Å². The Balaban J connectivity index is 1.59. The standard InChI is InChI=1S/C18H19NO7/c20-16(21)11-24-15-10-23-9-8-13(15)19-18(22)14-6-7-17(26-14)25-12-4-2-1-3-5-12/h1-7,13,15H,8-11H2,(H,19,22)(H,20,21)/t13-,15-/m1/s1. The molecule has 1 fully saturated rings. The van der Waals surface area contributed by atoms with Gasteiger partial charge in [-0.25, -0.2) is 4.79 Å². The van der Waals surface area contributed by atoms with Crippen molar-refractivity contribution in [3.63, 3.8) is 0 Å². The van der Waals surface area contributed by atoms with Crippen LogP contribution < -0.4 is 10.1 Å². The topological polar surface area (TPSA) is 107 Å². The van der Waals surface area contributed by atoms with E-state index in [-0.39, 0.29) is 24.4 Å². The van der Waals surface area contributed by atoms with Crippen LogP contribution in [0, 0.1) is 0 Å². The average Bonchev–Trinajstić information content (AvgIpc) is 3.10. The number of furan rings is 1. The number of ether oxygens (including phenoxy) is 3. The predicted octanol–water partition coefficient (Wildman–Crippen LogP) is 2.06. The summed E-state index contributed by atoms with van der Waals surface area (Å²) in [6, 6.07) is 11.8. The summed E-state index contributed by atoms with van der Waals surface area (Å²) in [5.41, 5.74) is 0. The Morgan fingerprint density at radius 2 is 2.00 bits per heavy atom. The Morgan fingerprint density at radius 1 is 1.19 bits per heavy atom. The number of carboxylic acid groups (broad SMARTS) is 1. The number of aliphatic carboxylic acids is 1. The number of carboxylic acids is 1. The second-order valence-corrected chi connectivity index (χ2v) is 5.72. The van der Waals surface area contributed by atoms with Gasteiger partial charge in [-0.3, -0.25) is 4.79 Å². The Hall–Kier alpha value is -2.84. The molecule has 0 saturated carbocycles. The number of carbonyl (C=O) groups is 2. The van der Waals surface area contributed by atoms with Crippen LogP contribution in [-0.4, -0.2) is 48.9 Å². The molecule has 0 unspecified atom stereocenters. The number of amides is 1. The lowest BCUT2D eigenvalue weighted by atomic mass is 10.1. The zero-order valence-electron chi connectivity index (χ0n) is 13.9. The third-order valence-electron chi connectivity index (χ3n) is 3.81. The van der Waals surface area contributed by atoms with Gasteiger partial charge in [0.2, 0.25) is 0 Å². The van der Waals surface area contributed by atoms with E-state index in [0.29, 0.717) is 18.8 Å². The molecule has 2 atom stereocenters. The maximum atomic E-state index is 12.4. The summed E-state index contributed by atoms with van der Waals surface area (Å²) in [5, 5.41) is 11.5. The number of hydrogen-bond donors (Lipinski definition) is 2. The molecule has 1 aromatic carbocycles. The van der Waals surface area contributed by atoms with Crippen molar-refractivity contribution in [2.75, 3.05) is 19.8 Å². The number of carbonyl (C=O) groups excluding carboxylic acids is 1. The van der Waals surface area contributed by atoms with E-state index in [1.54, 1.807) is 18.2 Å². The first kappa shape index (κ1) is 18.0. The van der Waals surface area contributed by atoms with Crippen LogP contribution in [0.3, 0.4) is 0 Å². The smallest absolute Gasteiger partial charge is 0.329 e. The van der Waals surface area contributed by atoms with Crippen LogP contribution in [0.15, 0.2) is 46.9 Å². The Morgan fingerprint density at radius 3 is 2.77 bits per heavy atom. The monoisotopic (exact) mass is 361 g/mol. The van der Waals surface area contributed by atoms with Crippen LogP contribution in [0.1, 0.15) is 17.0 Å². The van der Waals surface area contributed by atoms with Gasteiger partial charge in [0, 0.05) is 12.7 Å². The summed E-state index contributed by atoms with van der Waals surface area (Å²) < 4.78 is 21.5. The van der Waals surface area contributed by atoms with Gasteiger partial charge in [-0.15, -0.1) is 0 Å². The minimum absolute atomic E-state index is 0.0967. The molecule has 1 saturated heterocycles. The molecule has 2 heterocycles. The van der Waals surface area contributed by atoms with Gasteiger partial charge in [0.1, 0.15) is 18.5 Å². The highest BCUT2D eigenvalue weighted by molar-refractivity contribution is 5.91. The SMILES string of the molecule is O=C(O)CO[C@@H]1COCC[C@H]1NC(=O)c1ccc(Oc2ccccc2)o1. The van der Waals surface area contributed by atoms with Crippen LogP contribution in [0.25, 0.3) is 0 Å². The summed E-state index contributed by atoms with van der Waals surface area (Å²) >= 11 is 0. The molecule has 0 aliphatic carbocycles. The molecule has 3 rings (SSSR count). The highest BCUT2D eigenvalue weighted by Gasteiger charge is 2.29. The van der Waals surface area contributed by atoms with E-state index in [4.69, 9.17) is 23.7 Å². The molecular weight excluding hydrogens is 342 g/mol. The summed E-state index contributed by atoms with van der Waals surface area (Å²) in [7, 11) is 0. The summed E-state index contributed by atoms with van der Waals surface area (Å²) in [6.07, 6.45) is -0.0109. The van der Waals surface area contributed by atoms with Crippen molar-refractivity contribution in [2.45, 2.75) is 18.6 Å². The minimum atomic E-state index is -1.07. The lowest BCUT2D eigenvalue weighted by Gasteiger charge is -2.31. The quantitative estimate of drug-likeness (QED) is 0.777. The number of benzene rings is 1. The van der Waals surface area contributed by atoms with Gasteiger partial charge in [0.25, 0.3) is 11.9 Å². The van der Waals surface area contributed by atoms with E-state index in [0.717, 1.165) is 0 Å². The first-order chi connectivity index (χ1) is 12.6. The first-order valence-corrected chi connectivity index (χ1v) is 8.16. The van der Waals surface area contributed by atoms with Crippen molar-refractivity contribution >= 4 is 11.9 Å². The molecule has 138 valence electrons. The van der Waals surface area contributed by atoms with Gasteiger partial charge in [0.05, 0.1) is 12.6 Å². The molecule has 2 N–H and O–H groups in total. The molecule has 0 spiro atoms. The summed E-state index contributed by atoms with van der Waals surface area (Å²) in [6.45, 7) is 0.230. The van der Waals surface area contributed by atoms with Crippen molar-refractivity contribution in [3.8, 4) is 11.7 Å². The second-order valence-electron chi connectivity index (χ2n) is 5.72. The largest absolute Gasteiger partial charge is 0.480 e. The fourth-order valence-electron chi connectivity index (χ4n) is 2.56. The van der Waals surface area contributed by atoms with E-state index < -0.39 is 24.6 Å². The van der Waals surface area contributed by atoms with Crippen LogP contribution in [0.2, 0.25) is 0 Å². The maximum Gasteiger partial charge on any atom is 0.329 e. The van der Waals surface area contributed by atoms with Crippen molar-refractivity contribution in [2.24, 2.45) is 0 Å². The molecule has 1 aliphatic rings. The van der Waals surface area contributed by atoms with Gasteiger partial charge in [0.15, 0.2) is 5.76 Å². The van der Waals surface area contributed by atoms with E-state index >= 15 is 0 Å². The van der Waals surface area contributed by atoms with Crippen LogP contribution >= 0.6 is 0 Å². The third kappa shape index (κ3) is 4.84. The maximum absolute atomic E-state index is 12.4. The van der Waals surface area contributed by atoms with Crippen molar-refractivity contribution in [1.82, 2.24) is 5.32 Å². The van der Waals surface area contributed by atoms with Crippen LogP contribution in [0.4, 0.5) is 0 Å². The van der Waals surface area contributed by atoms with E-state index in [1.807, 2.05) is 18.2 Å². The molecule has 1 amide bonds. The van der Waals surface area contributed by atoms with Gasteiger partial charge >= 0.3 is 5.97 Å². The number of hydrogen-bond acceptors (Lipinski definition) is 6. The van der Waals surface area contributed by atoms with Gasteiger partial charge in [-0.05, 0) is 24.6 Å². The van der Waals surface area contributed by atoms with Gasteiger partial charge in [-0.2, -0.15) is 0 Å².